The molecule has 29 heavy (non-hydrogen) atoms. The summed E-state index contributed by atoms with van der Waals surface area (Å²) in [6.45, 7) is 6.59. The third-order valence-electron chi connectivity index (χ3n) is 6.06. The summed E-state index contributed by atoms with van der Waals surface area (Å²) < 4.78 is 0.944. The van der Waals surface area contributed by atoms with Crippen molar-refractivity contribution in [3.8, 4) is 0 Å². The highest BCUT2D eigenvalue weighted by Gasteiger charge is 2.38. The van der Waals surface area contributed by atoms with Gasteiger partial charge in [-0.3, -0.25) is 9.59 Å². The number of hydrogen-bond acceptors (Lipinski definition) is 2. The molecule has 3 nitrogen and oxygen atoms in total. The lowest BCUT2D eigenvalue weighted by atomic mass is 9.73. The minimum Gasteiger partial charge on any atom is -0.329 e. The summed E-state index contributed by atoms with van der Waals surface area (Å²) in [6, 6.07) is 16.5. The molecule has 1 amide bonds. The molecule has 0 radical (unpaired) electrons. The molecule has 4 rings (SSSR count). The Bertz CT molecular complexity index is 998. The van der Waals surface area contributed by atoms with Gasteiger partial charge in [0, 0.05) is 34.5 Å². The third-order valence-corrected chi connectivity index (χ3v) is 6.79. The van der Waals surface area contributed by atoms with E-state index in [0.717, 1.165) is 26.9 Å². The summed E-state index contributed by atoms with van der Waals surface area (Å²) >= 11 is 3.59. The molecule has 0 fully saturated rings. The number of rotatable bonds is 2. The van der Waals surface area contributed by atoms with Gasteiger partial charge in [0.15, 0.2) is 5.78 Å². The molecular formula is C25H26BrNO2. The predicted octanol–water partition coefficient (Wildman–Crippen LogP) is 5.75. The first-order valence-corrected chi connectivity index (χ1v) is 10.9. The molecule has 150 valence electrons. The van der Waals surface area contributed by atoms with E-state index in [-0.39, 0.29) is 28.9 Å². The number of nitrogens with one attached hydrogen (secondary N) is 1. The molecule has 1 aliphatic carbocycles. The van der Waals surface area contributed by atoms with Gasteiger partial charge in [-0.25, -0.2) is 0 Å². The zero-order chi connectivity index (χ0) is 20.8. The van der Waals surface area contributed by atoms with E-state index in [4.69, 9.17) is 0 Å². The topological polar surface area (TPSA) is 46.2 Å². The number of hydrogen-bond donors (Lipinski definition) is 1. The van der Waals surface area contributed by atoms with E-state index in [1.807, 2.05) is 24.3 Å². The predicted molar refractivity (Wildman–Crippen MR) is 119 cm³/mol. The van der Waals surface area contributed by atoms with Crippen LogP contribution in [-0.2, 0) is 15.0 Å². The van der Waals surface area contributed by atoms with Crippen LogP contribution in [0, 0.1) is 0 Å². The average molecular weight is 452 g/mol. The van der Waals surface area contributed by atoms with Gasteiger partial charge in [-0.1, -0.05) is 79.2 Å². The maximum Gasteiger partial charge on any atom is 0.225 e. The fourth-order valence-corrected chi connectivity index (χ4v) is 5.04. The lowest BCUT2D eigenvalue weighted by Gasteiger charge is -2.35. The molecule has 4 heteroatoms. The monoisotopic (exact) mass is 451 g/mol. The standard InChI is InChI=1S/C25H26BrNO2/c1-25(2,3)17-10-8-15(9-11-17)16-12-21-24(22(28)13-16)19(14-23(29)27-21)18-6-4-5-7-20(18)26/h4-11,16,19H,12-14H2,1-3H3,(H,27,29). The Kier molecular flexibility index (Phi) is 5.24. The van der Waals surface area contributed by atoms with Crippen LogP contribution in [0.5, 0.6) is 0 Å². The molecule has 2 aliphatic rings. The molecule has 1 N–H and O–H groups in total. The van der Waals surface area contributed by atoms with Crippen molar-refractivity contribution in [3.63, 3.8) is 0 Å². The first kappa shape index (κ1) is 20.1. The van der Waals surface area contributed by atoms with Crippen molar-refractivity contribution in [1.29, 1.82) is 0 Å². The van der Waals surface area contributed by atoms with Gasteiger partial charge in [-0.2, -0.15) is 0 Å². The smallest absolute Gasteiger partial charge is 0.225 e. The average Bonchev–Trinajstić information content (AvgIpc) is 2.67. The van der Waals surface area contributed by atoms with Crippen LogP contribution in [0.25, 0.3) is 0 Å². The van der Waals surface area contributed by atoms with Gasteiger partial charge in [0.2, 0.25) is 5.91 Å². The Morgan fingerprint density at radius 1 is 0.931 bits per heavy atom. The molecule has 2 aromatic rings. The summed E-state index contributed by atoms with van der Waals surface area (Å²) in [6.07, 6.45) is 1.51. The number of allylic oxidation sites excluding steroid dienone is 2. The Hall–Kier alpha value is -2.20. The zero-order valence-electron chi connectivity index (χ0n) is 17.1. The Morgan fingerprint density at radius 2 is 1.62 bits per heavy atom. The minimum absolute atomic E-state index is 0.0129. The molecule has 0 spiro atoms. The van der Waals surface area contributed by atoms with E-state index in [0.29, 0.717) is 19.3 Å². The van der Waals surface area contributed by atoms with E-state index >= 15 is 0 Å². The van der Waals surface area contributed by atoms with Crippen LogP contribution in [0.4, 0.5) is 0 Å². The lowest BCUT2D eigenvalue weighted by molar-refractivity contribution is -0.122. The van der Waals surface area contributed by atoms with E-state index in [1.165, 1.54) is 5.56 Å². The Balaban J connectivity index is 1.67. The van der Waals surface area contributed by atoms with E-state index in [9.17, 15) is 9.59 Å². The highest BCUT2D eigenvalue weighted by atomic mass is 79.9. The van der Waals surface area contributed by atoms with Crippen LogP contribution in [0.3, 0.4) is 0 Å². The second kappa shape index (κ2) is 7.56. The van der Waals surface area contributed by atoms with Crippen LogP contribution in [-0.4, -0.2) is 11.7 Å². The number of carbonyl (C=O) groups excluding carboxylic acids is 2. The quantitative estimate of drug-likeness (QED) is 0.631. The largest absolute Gasteiger partial charge is 0.329 e. The van der Waals surface area contributed by atoms with Gasteiger partial charge in [0.1, 0.15) is 0 Å². The number of halogens is 1. The van der Waals surface area contributed by atoms with Gasteiger partial charge in [0.05, 0.1) is 0 Å². The molecule has 2 atom stereocenters. The van der Waals surface area contributed by atoms with Crippen molar-refractivity contribution >= 4 is 27.6 Å². The molecule has 0 bridgehead atoms. The maximum absolute atomic E-state index is 13.2. The summed E-state index contributed by atoms with van der Waals surface area (Å²) in [5, 5.41) is 3.01. The zero-order valence-corrected chi connectivity index (χ0v) is 18.7. The number of Topliss-reactive ketones (excluding diaryl/α,β-unsaturated/α-hetero) is 1. The summed E-state index contributed by atoms with van der Waals surface area (Å²) in [5.74, 6) is 0.0671. The Labute approximate surface area is 180 Å². The first-order valence-electron chi connectivity index (χ1n) is 10.1. The van der Waals surface area contributed by atoms with Crippen LogP contribution < -0.4 is 5.32 Å². The van der Waals surface area contributed by atoms with Gasteiger partial charge >= 0.3 is 0 Å². The number of benzene rings is 2. The van der Waals surface area contributed by atoms with Crippen molar-refractivity contribution in [1.82, 2.24) is 5.32 Å². The second-order valence-electron chi connectivity index (χ2n) is 9.12. The van der Waals surface area contributed by atoms with Gasteiger partial charge < -0.3 is 5.32 Å². The fraction of sp³-hybridized carbons (Fsp3) is 0.360. The number of ketones is 1. The van der Waals surface area contributed by atoms with Crippen LogP contribution in [0.15, 0.2) is 64.3 Å². The number of amides is 1. The molecule has 2 unspecified atom stereocenters. The first-order chi connectivity index (χ1) is 13.7. The third kappa shape index (κ3) is 3.95. The van der Waals surface area contributed by atoms with Crippen molar-refractivity contribution in [2.75, 3.05) is 0 Å². The van der Waals surface area contributed by atoms with E-state index in [2.05, 4.69) is 66.3 Å². The van der Waals surface area contributed by atoms with E-state index in [1.54, 1.807) is 0 Å². The highest BCUT2D eigenvalue weighted by Crippen LogP contribution is 2.44. The van der Waals surface area contributed by atoms with Crippen molar-refractivity contribution in [2.24, 2.45) is 0 Å². The molecule has 0 saturated carbocycles. The normalized spacial score (nSPS) is 22.3. The molecular weight excluding hydrogens is 426 g/mol. The van der Waals surface area contributed by atoms with Crippen LogP contribution in [0.2, 0.25) is 0 Å². The summed E-state index contributed by atoms with van der Waals surface area (Å²) in [7, 11) is 0. The SMILES string of the molecule is CC(C)(C)c1ccc(C2CC(=O)C3=C(C2)NC(=O)CC3c2ccccc2Br)cc1. The summed E-state index contributed by atoms with van der Waals surface area (Å²) in [5.41, 5.74) is 5.15. The lowest BCUT2D eigenvalue weighted by Crippen LogP contribution is -2.38. The molecule has 2 aromatic carbocycles. The molecule has 0 saturated heterocycles. The summed E-state index contributed by atoms with van der Waals surface area (Å²) in [4.78, 5) is 25.7. The maximum atomic E-state index is 13.2. The molecule has 1 heterocycles. The van der Waals surface area contributed by atoms with E-state index < -0.39 is 0 Å². The van der Waals surface area contributed by atoms with Gasteiger partial charge in [0.25, 0.3) is 0 Å². The highest BCUT2D eigenvalue weighted by molar-refractivity contribution is 9.10. The Morgan fingerprint density at radius 3 is 2.28 bits per heavy atom. The molecule has 0 aromatic heterocycles. The molecule has 1 aliphatic heterocycles. The van der Waals surface area contributed by atoms with Crippen molar-refractivity contribution < 1.29 is 9.59 Å². The van der Waals surface area contributed by atoms with Crippen molar-refractivity contribution in [2.45, 2.75) is 57.3 Å². The number of carbonyl (C=O) groups is 2. The minimum atomic E-state index is -0.175. The van der Waals surface area contributed by atoms with Gasteiger partial charge in [-0.05, 0) is 40.5 Å². The fourth-order valence-electron chi connectivity index (χ4n) is 4.47. The second-order valence-corrected chi connectivity index (χ2v) is 9.97. The van der Waals surface area contributed by atoms with Crippen LogP contribution >= 0.6 is 15.9 Å². The van der Waals surface area contributed by atoms with Crippen molar-refractivity contribution in [3.05, 3.63) is 81.0 Å². The van der Waals surface area contributed by atoms with Gasteiger partial charge in [-0.15, -0.1) is 0 Å². The van der Waals surface area contributed by atoms with Crippen LogP contribution in [0.1, 0.15) is 68.6 Å².